The number of hydrogen-bond acceptors (Lipinski definition) is 4. The van der Waals surface area contributed by atoms with Crippen molar-refractivity contribution in [1.82, 2.24) is 0 Å². The van der Waals surface area contributed by atoms with E-state index in [1.807, 2.05) is 0 Å². The largest absolute Gasteiger partial charge is 0.478 e. The minimum atomic E-state index is -1.16. The van der Waals surface area contributed by atoms with E-state index >= 15 is 0 Å². The molecule has 0 aliphatic rings. The molecule has 6 heteroatoms. The van der Waals surface area contributed by atoms with Gasteiger partial charge >= 0.3 is 5.97 Å². The molecule has 0 saturated heterocycles. The fourth-order valence-corrected chi connectivity index (χ4v) is 0.897. The molecule has 0 unspecified atom stereocenters. The summed E-state index contributed by atoms with van der Waals surface area (Å²) in [5.41, 5.74) is 6.60. The van der Waals surface area contributed by atoms with Crippen LogP contribution in [-0.4, -0.2) is 29.2 Å². The highest BCUT2D eigenvalue weighted by Gasteiger charge is 1.97. The highest BCUT2D eigenvalue weighted by atomic mass is 16.4. The molecule has 0 aromatic heterocycles. The van der Waals surface area contributed by atoms with Gasteiger partial charge in [-0.25, -0.2) is 4.79 Å². The maximum Gasteiger partial charge on any atom is 0.328 e. The van der Waals surface area contributed by atoms with Gasteiger partial charge in [0.05, 0.1) is 0 Å². The second kappa shape index (κ2) is 7.89. The molecule has 0 aliphatic carbocycles. The second-order valence-electron chi connectivity index (χ2n) is 2.78. The smallest absolute Gasteiger partial charge is 0.328 e. The van der Waals surface area contributed by atoms with Crippen LogP contribution in [0.1, 0.15) is 0 Å². The van der Waals surface area contributed by atoms with Gasteiger partial charge in [-0.2, -0.15) is 0 Å². The first-order chi connectivity index (χ1) is 8.08. The Morgan fingerprint density at radius 3 is 2.18 bits per heavy atom. The summed E-state index contributed by atoms with van der Waals surface area (Å²) in [7, 11) is 1.00. The number of rotatable bonds is 3. The van der Waals surface area contributed by atoms with Gasteiger partial charge in [-0.05, 0) is 24.3 Å². The maximum atomic E-state index is 11.1. The summed E-state index contributed by atoms with van der Waals surface area (Å²) >= 11 is 0. The molecule has 0 atom stereocenters. The number of carboxylic acids is 1. The number of benzene rings is 1. The van der Waals surface area contributed by atoms with Crippen molar-refractivity contribution in [2.45, 2.75) is 0 Å². The first-order valence-electron chi connectivity index (χ1n) is 4.60. The van der Waals surface area contributed by atoms with Crippen LogP contribution in [0.5, 0.6) is 0 Å². The minimum absolute atomic E-state index is 0.498. The SMILES string of the molecule is CO.Nc1ccc(NC(=O)/C=C\C(=O)O)cc1. The van der Waals surface area contributed by atoms with Crippen molar-refractivity contribution in [3.05, 3.63) is 36.4 Å². The van der Waals surface area contributed by atoms with Gasteiger partial charge in [0.15, 0.2) is 0 Å². The second-order valence-corrected chi connectivity index (χ2v) is 2.78. The lowest BCUT2D eigenvalue weighted by Crippen LogP contribution is -2.08. The summed E-state index contributed by atoms with van der Waals surface area (Å²) in [4.78, 5) is 21.2. The Kier molecular flexibility index (Phi) is 6.80. The molecule has 0 spiro atoms. The van der Waals surface area contributed by atoms with Gasteiger partial charge in [-0.3, -0.25) is 4.79 Å². The van der Waals surface area contributed by atoms with Gasteiger partial charge in [0.2, 0.25) is 5.91 Å². The summed E-state index contributed by atoms with van der Waals surface area (Å²) in [6.07, 6.45) is 1.71. The average molecular weight is 238 g/mol. The molecule has 0 bridgehead atoms. The molecular weight excluding hydrogens is 224 g/mol. The number of amides is 1. The third kappa shape index (κ3) is 6.69. The third-order valence-electron chi connectivity index (χ3n) is 1.56. The van der Waals surface area contributed by atoms with Gasteiger partial charge in [0.25, 0.3) is 0 Å². The van der Waals surface area contributed by atoms with Crippen molar-refractivity contribution in [2.24, 2.45) is 0 Å². The number of carbonyl (C=O) groups is 2. The van der Waals surface area contributed by atoms with Gasteiger partial charge in [0.1, 0.15) is 0 Å². The summed E-state index contributed by atoms with van der Waals surface area (Å²) in [5, 5.41) is 17.8. The summed E-state index contributed by atoms with van der Waals surface area (Å²) < 4.78 is 0. The molecule has 92 valence electrons. The van der Waals surface area contributed by atoms with Crippen LogP contribution in [0.15, 0.2) is 36.4 Å². The monoisotopic (exact) mass is 238 g/mol. The number of nitrogens with two attached hydrogens (primary N) is 1. The van der Waals surface area contributed by atoms with E-state index in [9.17, 15) is 9.59 Å². The number of hydrogen-bond donors (Lipinski definition) is 4. The molecule has 17 heavy (non-hydrogen) atoms. The average Bonchev–Trinajstić information content (AvgIpc) is 2.32. The number of carboxylic acid groups (broad SMARTS) is 1. The standard InChI is InChI=1S/C10H10N2O3.CH4O/c11-7-1-3-8(4-2-7)12-9(13)5-6-10(14)15;1-2/h1-6H,11H2,(H,12,13)(H,14,15);2H,1H3/b6-5-;. The van der Waals surface area contributed by atoms with Crippen LogP contribution in [0, 0.1) is 0 Å². The highest BCUT2D eigenvalue weighted by molar-refractivity contribution is 6.02. The quantitative estimate of drug-likeness (QED) is 0.451. The number of aliphatic carboxylic acids is 1. The van der Waals surface area contributed by atoms with Crippen molar-refractivity contribution in [3.8, 4) is 0 Å². The van der Waals surface area contributed by atoms with Crippen molar-refractivity contribution >= 4 is 23.3 Å². The first kappa shape index (κ1) is 14.7. The number of aliphatic hydroxyl groups is 1. The van der Waals surface area contributed by atoms with Gasteiger partial charge in [0, 0.05) is 30.6 Å². The Balaban J connectivity index is 0.00000121. The molecule has 1 aromatic rings. The van der Waals surface area contributed by atoms with E-state index < -0.39 is 11.9 Å². The molecule has 0 saturated carbocycles. The molecule has 0 fully saturated rings. The topological polar surface area (TPSA) is 113 Å². The lowest BCUT2D eigenvalue weighted by molar-refractivity contribution is -0.131. The van der Waals surface area contributed by atoms with E-state index in [1.54, 1.807) is 24.3 Å². The lowest BCUT2D eigenvalue weighted by Gasteiger charge is -2.01. The van der Waals surface area contributed by atoms with E-state index in [1.165, 1.54) is 0 Å². The predicted molar refractivity (Wildman–Crippen MR) is 64.4 cm³/mol. The molecule has 1 amide bonds. The highest BCUT2D eigenvalue weighted by Crippen LogP contribution is 2.10. The molecule has 1 aromatic carbocycles. The molecule has 0 aliphatic heterocycles. The molecule has 0 heterocycles. The zero-order valence-electron chi connectivity index (χ0n) is 9.25. The van der Waals surface area contributed by atoms with E-state index in [0.717, 1.165) is 19.3 Å². The van der Waals surface area contributed by atoms with Crippen LogP contribution in [0.4, 0.5) is 11.4 Å². The normalized spacial score (nSPS) is 9.29. The molecule has 1 rings (SSSR count). The first-order valence-corrected chi connectivity index (χ1v) is 4.60. The van der Waals surface area contributed by atoms with Crippen molar-refractivity contribution in [1.29, 1.82) is 0 Å². The van der Waals surface area contributed by atoms with Gasteiger partial charge in [-0.15, -0.1) is 0 Å². The maximum absolute atomic E-state index is 11.1. The van der Waals surface area contributed by atoms with Crippen LogP contribution < -0.4 is 11.1 Å². The zero-order valence-corrected chi connectivity index (χ0v) is 9.25. The van der Waals surface area contributed by atoms with Crippen LogP contribution in [0.2, 0.25) is 0 Å². The Morgan fingerprint density at radius 1 is 1.18 bits per heavy atom. The third-order valence-corrected chi connectivity index (χ3v) is 1.56. The number of nitrogen functional groups attached to an aromatic ring is 1. The van der Waals surface area contributed by atoms with E-state index in [2.05, 4.69) is 5.32 Å². The van der Waals surface area contributed by atoms with Crippen LogP contribution in [0.25, 0.3) is 0 Å². The number of anilines is 2. The van der Waals surface area contributed by atoms with E-state index in [-0.39, 0.29) is 0 Å². The number of nitrogens with one attached hydrogen (secondary N) is 1. The minimum Gasteiger partial charge on any atom is -0.478 e. The molecular formula is C11H14N2O4. The molecule has 0 radical (unpaired) electrons. The van der Waals surface area contributed by atoms with Crippen molar-refractivity contribution < 1.29 is 19.8 Å². The summed E-state index contributed by atoms with van der Waals surface area (Å²) in [5.74, 6) is -1.66. The van der Waals surface area contributed by atoms with Crippen LogP contribution in [-0.2, 0) is 9.59 Å². The van der Waals surface area contributed by atoms with Gasteiger partial charge < -0.3 is 21.3 Å². The Bertz CT molecular complexity index is 398. The lowest BCUT2D eigenvalue weighted by atomic mass is 10.3. The Morgan fingerprint density at radius 2 is 1.71 bits per heavy atom. The van der Waals surface area contributed by atoms with Gasteiger partial charge in [-0.1, -0.05) is 0 Å². The summed E-state index contributed by atoms with van der Waals surface area (Å²) in [6, 6.07) is 6.52. The van der Waals surface area contributed by atoms with E-state index in [0.29, 0.717) is 11.4 Å². The van der Waals surface area contributed by atoms with Crippen LogP contribution >= 0.6 is 0 Å². The predicted octanol–water partition coefficient (Wildman–Crippen LogP) is 0.457. The number of aliphatic hydroxyl groups excluding tert-OH is 1. The number of carbonyl (C=O) groups excluding carboxylic acids is 1. The zero-order chi connectivity index (χ0) is 13.3. The molecule has 5 N–H and O–H groups in total. The Labute approximate surface area is 98.4 Å². The Hall–Kier alpha value is -2.34. The fraction of sp³-hybridized carbons (Fsp3) is 0.0909. The van der Waals surface area contributed by atoms with Crippen molar-refractivity contribution in [2.75, 3.05) is 18.2 Å². The van der Waals surface area contributed by atoms with Crippen LogP contribution in [0.3, 0.4) is 0 Å². The van der Waals surface area contributed by atoms with Crippen molar-refractivity contribution in [3.63, 3.8) is 0 Å². The van der Waals surface area contributed by atoms with E-state index in [4.69, 9.17) is 15.9 Å². The molecule has 6 nitrogen and oxygen atoms in total. The fourth-order valence-electron chi connectivity index (χ4n) is 0.897. The summed E-state index contributed by atoms with van der Waals surface area (Å²) in [6.45, 7) is 0.